The molecule has 3 aromatic carbocycles. The van der Waals surface area contributed by atoms with Crippen molar-refractivity contribution in [3.63, 3.8) is 0 Å². The molecule has 0 radical (unpaired) electrons. The Bertz CT molecular complexity index is 1180. The second-order valence-electron chi connectivity index (χ2n) is 8.78. The van der Waals surface area contributed by atoms with E-state index in [1.54, 1.807) is 18.2 Å². The van der Waals surface area contributed by atoms with Gasteiger partial charge in [-0.1, -0.05) is 89.4 Å². The fraction of sp³-hybridized carbons (Fsp3) is 0.333. The lowest BCUT2D eigenvalue weighted by atomic mass is 10.0. The SMILES string of the molecule is Clc1ccccc1C1OC[C@H]2OC(c3ccccc3Cl)OC[C@@H]3OC(c4ccccc4Cl)O[C@H]3[C@@H]2O1. The Morgan fingerprint density at radius 3 is 1.31 bits per heavy atom. The van der Waals surface area contributed by atoms with Gasteiger partial charge in [-0.2, -0.15) is 0 Å². The van der Waals surface area contributed by atoms with Crippen LogP contribution in [0.1, 0.15) is 35.6 Å². The van der Waals surface area contributed by atoms with Gasteiger partial charge in [0.1, 0.15) is 24.4 Å². The predicted octanol–water partition coefficient (Wildman–Crippen LogP) is 6.66. The highest BCUT2D eigenvalue weighted by Crippen LogP contribution is 2.44. The first-order chi connectivity index (χ1) is 17.6. The van der Waals surface area contributed by atoms with E-state index in [2.05, 4.69) is 0 Å². The van der Waals surface area contributed by atoms with Crippen molar-refractivity contribution in [2.24, 2.45) is 0 Å². The molecule has 188 valence electrons. The van der Waals surface area contributed by atoms with E-state index in [-0.39, 0.29) is 13.2 Å². The van der Waals surface area contributed by atoms with Crippen LogP contribution in [0.25, 0.3) is 0 Å². The van der Waals surface area contributed by atoms with Crippen LogP contribution in [0.4, 0.5) is 0 Å². The molecular weight excluding hydrogens is 527 g/mol. The van der Waals surface area contributed by atoms with Gasteiger partial charge in [-0.15, -0.1) is 0 Å². The lowest BCUT2D eigenvalue weighted by molar-refractivity contribution is -0.324. The minimum atomic E-state index is -0.737. The van der Waals surface area contributed by atoms with E-state index >= 15 is 0 Å². The Labute approximate surface area is 223 Å². The maximum absolute atomic E-state index is 6.48. The summed E-state index contributed by atoms with van der Waals surface area (Å²) in [6, 6.07) is 22.3. The van der Waals surface area contributed by atoms with Gasteiger partial charge in [0.2, 0.25) is 0 Å². The summed E-state index contributed by atoms with van der Waals surface area (Å²) in [5.41, 5.74) is 2.18. The highest BCUT2D eigenvalue weighted by atomic mass is 35.5. The molecule has 6 nitrogen and oxygen atoms in total. The lowest BCUT2D eigenvalue weighted by Crippen LogP contribution is -2.54. The Morgan fingerprint density at radius 1 is 0.472 bits per heavy atom. The third-order valence-corrected chi connectivity index (χ3v) is 7.55. The highest BCUT2D eigenvalue weighted by molar-refractivity contribution is 6.32. The van der Waals surface area contributed by atoms with Crippen molar-refractivity contribution in [3.8, 4) is 0 Å². The van der Waals surface area contributed by atoms with Gasteiger partial charge in [0, 0.05) is 31.8 Å². The predicted molar refractivity (Wildman–Crippen MR) is 134 cm³/mol. The van der Waals surface area contributed by atoms with Crippen LogP contribution in [0.3, 0.4) is 0 Å². The van der Waals surface area contributed by atoms with Crippen LogP contribution in [0.15, 0.2) is 72.8 Å². The maximum atomic E-state index is 6.48. The molecule has 3 fully saturated rings. The summed E-state index contributed by atoms with van der Waals surface area (Å²) in [6.45, 7) is 0.430. The molecule has 3 aliphatic heterocycles. The van der Waals surface area contributed by atoms with E-state index in [9.17, 15) is 0 Å². The van der Waals surface area contributed by atoms with Crippen molar-refractivity contribution in [1.82, 2.24) is 0 Å². The van der Waals surface area contributed by atoms with Crippen LogP contribution in [0.5, 0.6) is 0 Å². The standard InChI is InChI=1S/C27H23Cl3O6/c28-18-10-4-1-7-15(18)25-31-14-22-24(36-27(34-22)17-9-3-6-12-20(17)30)23-21(33-25)13-32-26(35-23)16-8-2-5-11-19(16)29/h1-12,21-27H,13-14H2/t21-,22+,23-,24-,25?,26?,27?/m1/s1. The molecule has 3 heterocycles. The number of ether oxygens (including phenoxy) is 6. The number of hydrogen-bond donors (Lipinski definition) is 0. The van der Waals surface area contributed by atoms with Gasteiger partial charge >= 0.3 is 0 Å². The van der Waals surface area contributed by atoms with Crippen molar-refractivity contribution in [1.29, 1.82) is 0 Å². The summed E-state index contributed by atoms with van der Waals surface area (Å²) < 4.78 is 37.9. The topological polar surface area (TPSA) is 55.4 Å². The molecular formula is C27H23Cl3O6. The quantitative estimate of drug-likeness (QED) is 0.364. The van der Waals surface area contributed by atoms with E-state index < -0.39 is 43.3 Å². The molecule has 3 unspecified atom stereocenters. The molecule has 6 rings (SSSR count). The van der Waals surface area contributed by atoms with Gasteiger partial charge in [-0.3, -0.25) is 0 Å². The van der Waals surface area contributed by atoms with Gasteiger partial charge in [0.25, 0.3) is 0 Å². The molecule has 9 heteroatoms. The van der Waals surface area contributed by atoms with E-state index in [1.807, 2.05) is 54.6 Å². The molecule has 3 aromatic rings. The number of halogens is 3. The van der Waals surface area contributed by atoms with Gasteiger partial charge in [-0.25, -0.2) is 0 Å². The molecule has 0 saturated carbocycles. The van der Waals surface area contributed by atoms with Crippen molar-refractivity contribution in [2.45, 2.75) is 43.3 Å². The summed E-state index contributed by atoms with van der Waals surface area (Å²) in [4.78, 5) is 0. The Balaban J connectivity index is 1.33. The molecule has 36 heavy (non-hydrogen) atoms. The summed E-state index contributed by atoms with van der Waals surface area (Å²) in [5.74, 6) is 0. The summed E-state index contributed by atoms with van der Waals surface area (Å²) in [6.07, 6.45) is -4.11. The van der Waals surface area contributed by atoms with Gasteiger partial charge < -0.3 is 28.4 Å². The van der Waals surface area contributed by atoms with E-state index in [4.69, 9.17) is 63.2 Å². The molecule has 3 aliphatic rings. The van der Waals surface area contributed by atoms with E-state index in [0.29, 0.717) is 20.6 Å². The smallest absolute Gasteiger partial charge is 0.186 e. The molecule has 0 spiro atoms. The third kappa shape index (κ3) is 4.78. The first kappa shape index (κ1) is 24.6. The van der Waals surface area contributed by atoms with E-state index in [0.717, 1.165) is 11.1 Å². The fourth-order valence-corrected chi connectivity index (χ4v) is 5.40. The molecule has 7 atom stereocenters. The Kier molecular flexibility index (Phi) is 7.23. The largest absolute Gasteiger partial charge is 0.346 e. The Morgan fingerprint density at radius 2 is 0.833 bits per heavy atom. The van der Waals surface area contributed by atoms with Crippen molar-refractivity contribution in [3.05, 3.63) is 105 Å². The Hall–Kier alpha value is -1.71. The zero-order chi connectivity index (χ0) is 24.6. The molecule has 0 bridgehead atoms. The number of rotatable bonds is 3. The average molecular weight is 550 g/mol. The van der Waals surface area contributed by atoms with Crippen LogP contribution in [0, 0.1) is 0 Å². The van der Waals surface area contributed by atoms with Crippen LogP contribution in [0.2, 0.25) is 15.1 Å². The van der Waals surface area contributed by atoms with Crippen LogP contribution in [-0.4, -0.2) is 37.6 Å². The minimum Gasteiger partial charge on any atom is -0.346 e. The lowest BCUT2D eigenvalue weighted by Gasteiger charge is -2.42. The van der Waals surface area contributed by atoms with Crippen LogP contribution in [-0.2, 0) is 28.4 Å². The first-order valence-electron chi connectivity index (χ1n) is 11.7. The zero-order valence-corrected chi connectivity index (χ0v) is 21.2. The first-order valence-corrected chi connectivity index (χ1v) is 12.8. The van der Waals surface area contributed by atoms with Gasteiger partial charge in [0.05, 0.1) is 13.2 Å². The summed E-state index contributed by atoms with van der Waals surface area (Å²) >= 11 is 19.4. The maximum Gasteiger partial charge on any atom is 0.186 e. The molecule has 0 aromatic heterocycles. The molecule has 3 saturated heterocycles. The van der Waals surface area contributed by atoms with Crippen LogP contribution >= 0.6 is 34.8 Å². The monoisotopic (exact) mass is 548 g/mol. The normalized spacial score (nSPS) is 32.2. The number of benzene rings is 3. The number of fused-ring (bicyclic) bond motifs is 3. The van der Waals surface area contributed by atoms with Gasteiger partial charge in [0.15, 0.2) is 18.9 Å². The fourth-order valence-electron chi connectivity index (χ4n) is 4.73. The third-order valence-electron chi connectivity index (χ3n) is 6.52. The average Bonchev–Trinajstić information content (AvgIpc) is 3.30. The highest BCUT2D eigenvalue weighted by Gasteiger charge is 2.51. The second kappa shape index (κ2) is 10.6. The van der Waals surface area contributed by atoms with Crippen molar-refractivity contribution >= 4 is 34.8 Å². The van der Waals surface area contributed by atoms with Crippen molar-refractivity contribution in [2.75, 3.05) is 13.2 Å². The second-order valence-corrected chi connectivity index (χ2v) is 10.00. The number of hydrogen-bond acceptors (Lipinski definition) is 6. The summed E-state index contributed by atoms with van der Waals surface area (Å²) in [7, 11) is 0. The summed E-state index contributed by atoms with van der Waals surface area (Å²) in [5, 5.41) is 1.65. The van der Waals surface area contributed by atoms with Crippen molar-refractivity contribution < 1.29 is 28.4 Å². The molecule has 0 amide bonds. The molecule has 0 aliphatic carbocycles. The minimum absolute atomic E-state index is 0.200. The van der Waals surface area contributed by atoms with Gasteiger partial charge in [-0.05, 0) is 18.2 Å². The molecule has 0 N–H and O–H groups in total. The zero-order valence-electron chi connectivity index (χ0n) is 19.0. The van der Waals surface area contributed by atoms with Crippen LogP contribution < -0.4 is 0 Å². The van der Waals surface area contributed by atoms with E-state index in [1.165, 1.54) is 0 Å².